The van der Waals surface area contributed by atoms with Gasteiger partial charge in [0.05, 0.1) is 10.2 Å². The first kappa shape index (κ1) is 23.8. The molecule has 0 aliphatic rings. The fourth-order valence-electron chi connectivity index (χ4n) is 3.13. The van der Waals surface area contributed by atoms with Crippen LogP contribution in [-0.4, -0.2) is 43.2 Å². The Labute approximate surface area is 207 Å². The number of aromatic nitrogens is 1. The minimum Gasteiger partial charge on any atom is -0.492 e. The van der Waals surface area contributed by atoms with Crippen LogP contribution in [-0.2, 0) is 6.54 Å². The zero-order chi connectivity index (χ0) is 23.9. The summed E-state index contributed by atoms with van der Waals surface area (Å²) in [6, 6.07) is 20.3. The minimum absolute atomic E-state index is 0.312. The van der Waals surface area contributed by atoms with Gasteiger partial charge in [0.15, 0.2) is 5.13 Å². The number of urea groups is 1. The lowest BCUT2D eigenvalue weighted by molar-refractivity contribution is 0.261. The number of hydrogen-bond acceptors (Lipinski definition) is 6. The van der Waals surface area contributed by atoms with Gasteiger partial charge in [-0.05, 0) is 74.3 Å². The van der Waals surface area contributed by atoms with Crippen LogP contribution in [0.2, 0.25) is 5.02 Å². The number of likely N-dealkylation sites (N-methyl/N-ethyl adjacent to an activating group) is 1. The van der Waals surface area contributed by atoms with Crippen molar-refractivity contribution in [1.82, 2.24) is 9.88 Å². The molecule has 0 unspecified atom stereocenters. The van der Waals surface area contributed by atoms with E-state index in [0.29, 0.717) is 29.5 Å². The van der Waals surface area contributed by atoms with E-state index in [4.69, 9.17) is 16.3 Å². The normalized spacial score (nSPS) is 10.9. The second-order valence-corrected chi connectivity index (χ2v) is 9.40. The van der Waals surface area contributed by atoms with Gasteiger partial charge in [-0.15, -0.1) is 0 Å². The third-order valence-corrected chi connectivity index (χ3v) is 6.15. The average Bonchev–Trinajstić information content (AvgIpc) is 3.22. The van der Waals surface area contributed by atoms with Crippen LogP contribution in [0.25, 0.3) is 10.2 Å². The summed E-state index contributed by atoms with van der Waals surface area (Å²) in [7, 11) is 4.05. The highest BCUT2D eigenvalue weighted by Crippen LogP contribution is 2.29. The summed E-state index contributed by atoms with van der Waals surface area (Å²) in [4.78, 5) is 18.9. The number of halogens is 1. The lowest BCUT2D eigenvalue weighted by Gasteiger charge is -2.10. The highest BCUT2D eigenvalue weighted by Gasteiger charge is 2.07. The topological polar surface area (TPSA) is 78.5 Å². The predicted molar refractivity (Wildman–Crippen MR) is 142 cm³/mol. The van der Waals surface area contributed by atoms with Gasteiger partial charge in [0.25, 0.3) is 0 Å². The van der Waals surface area contributed by atoms with Crippen molar-refractivity contribution in [3.63, 3.8) is 0 Å². The van der Waals surface area contributed by atoms with E-state index in [1.54, 1.807) is 35.6 Å². The van der Waals surface area contributed by atoms with Gasteiger partial charge in [-0.25, -0.2) is 9.78 Å². The fourth-order valence-corrected chi connectivity index (χ4v) is 4.14. The van der Waals surface area contributed by atoms with Crippen molar-refractivity contribution in [1.29, 1.82) is 0 Å². The van der Waals surface area contributed by atoms with E-state index >= 15 is 0 Å². The molecule has 1 heterocycles. The van der Waals surface area contributed by atoms with E-state index in [9.17, 15) is 4.79 Å². The molecule has 4 rings (SSSR count). The molecule has 0 aliphatic carbocycles. The Balaban J connectivity index is 1.28. The van der Waals surface area contributed by atoms with Gasteiger partial charge >= 0.3 is 6.03 Å². The van der Waals surface area contributed by atoms with Gasteiger partial charge in [0.1, 0.15) is 12.4 Å². The number of anilines is 3. The van der Waals surface area contributed by atoms with Crippen molar-refractivity contribution in [3.8, 4) is 5.75 Å². The lowest BCUT2D eigenvalue weighted by atomic mass is 10.2. The molecule has 9 heteroatoms. The first-order chi connectivity index (χ1) is 16.4. The van der Waals surface area contributed by atoms with Crippen LogP contribution in [0.4, 0.5) is 21.3 Å². The molecule has 0 saturated heterocycles. The van der Waals surface area contributed by atoms with E-state index in [2.05, 4.69) is 25.8 Å². The summed E-state index contributed by atoms with van der Waals surface area (Å²) >= 11 is 7.46. The number of benzene rings is 3. The monoisotopic (exact) mass is 495 g/mol. The molecular weight excluding hydrogens is 470 g/mol. The predicted octanol–water partition coefficient (Wildman–Crippen LogP) is 6.15. The Kier molecular flexibility index (Phi) is 7.84. The molecule has 1 aromatic heterocycles. The van der Waals surface area contributed by atoms with Crippen molar-refractivity contribution in [2.24, 2.45) is 0 Å². The quantitative estimate of drug-likeness (QED) is 0.260. The standard InChI is InChI=1S/C25H26ClN5O2S/c1-31(2)13-14-33-21-11-12-22-23(15-21)34-25(30-22)27-16-17-3-7-19(8-4-17)28-24(32)29-20-9-5-18(26)6-10-20/h3-12,15H,13-14,16H2,1-2H3,(H,27,30)(H2,28,29,32). The van der Waals surface area contributed by atoms with Crippen LogP contribution in [0.1, 0.15) is 5.56 Å². The maximum Gasteiger partial charge on any atom is 0.323 e. The zero-order valence-corrected chi connectivity index (χ0v) is 20.5. The molecule has 2 amide bonds. The number of nitrogens with zero attached hydrogens (tertiary/aromatic N) is 2. The number of rotatable bonds is 9. The number of ether oxygens (including phenoxy) is 1. The molecular formula is C25H26ClN5O2S. The fraction of sp³-hybridized carbons (Fsp3) is 0.200. The number of nitrogens with one attached hydrogen (secondary N) is 3. The number of hydrogen-bond donors (Lipinski definition) is 3. The molecule has 7 nitrogen and oxygen atoms in total. The summed E-state index contributed by atoms with van der Waals surface area (Å²) in [5.41, 5.74) is 3.40. The molecule has 0 bridgehead atoms. The largest absolute Gasteiger partial charge is 0.492 e. The third kappa shape index (κ3) is 6.84. The Morgan fingerprint density at radius 1 is 1.00 bits per heavy atom. The Morgan fingerprint density at radius 3 is 2.35 bits per heavy atom. The molecule has 3 aromatic carbocycles. The number of thiazole rings is 1. The second kappa shape index (κ2) is 11.2. The summed E-state index contributed by atoms with van der Waals surface area (Å²) < 4.78 is 6.90. The number of carbonyl (C=O) groups is 1. The van der Waals surface area contributed by atoms with E-state index in [-0.39, 0.29) is 6.03 Å². The van der Waals surface area contributed by atoms with E-state index in [1.165, 1.54) is 0 Å². The van der Waals surface area contributed by atoms with Gasteiger partial charge < -0.3 is 25.6 Å². The van der Waals surface area contributed by atoms with Gasteiger partial charge in [-0.1, -0.05) is 35.1 Å². The van der Waals surface area contributed by atoms with Crippen LogP contribution < -0.4 is 20.7 Å². The Hall–Kier alpha value is -3.33. The molecule has 0 spiro atoms. The average molecular weight is 496 g/mol. The summed E-state index contributed by atoms with van der Waals surface area (Å²) in [5, 5.41) is 10.4. The molecule has 0 saturated carbocycles. The molecule has 3 N–H and O–H groups in total. The van der Waals surface area contributed by atoms with Crippen molar-refractivity contribution in [2.75, 3.05) is 43.2 Å². The molecule has 0 atom stereocenters. The Morgan fingerprint density at radius 2 is 1.68 bits per heavy atom. The smallest absolute Gasteiger partial charge is 0.323 e. The van der Waals surface area contributed by atoms with Gasteiger partial charge in [0, 0.05) is 29.5 Å². The lowest BCUT2D eigenvalue weighted by Crippen LogP contribution is -2.19. The first-order valence-corrected chi connectivity index (χ1v) is 12.0. The maximum absolute atomic E-state index is 12.2. The van der Waals surface area contributed by atoms with Crippen molar-refractivity contribution >= 4 is 55.7 Å². The van der Waals surface area contributed by atoms with Crippen LogP contribution in [0.3, 0.4) is 0 Å². The highest BCUT2D eigenvalue weighted by atomic mass is 35.5. The van der Waals surface area contributed by atoms with Crippen LogP contribution in [0, 0.1) is 0 Å². The second-order valence-electron chi connectivity index (χ2n) is 7.94. The molecule has 0 fully saturated rings. The highest BCUT2D eigenvalue weighted by molar-refractivity contribution is 7.22. The van der Waals surface area contributed by atoms with E-state index < -0.39 is 0 Å². The molecule has 34 heavy (non-hydrogen) atoms. The summed E-state index contributed by atoms with van der Waals surface area (Å²) in [5.74, 6) is 0.854. The maximum atomic E-state index is 12.2. The van der Waals surface area contributed by atoms with Crippen molar-refractivity contribution in [3.05, 3.63) is 77.3 Å². The first-order valence-electron chi connectivity index (χ1n) is 10.8. The van der Waals surface area contributed by atoms with Crippen LogP contribution in [0.5, 0.6) is 5.75 Å². The minimum atomic E-state index is -0.312. The van der Waals surface area contributed by atoms with Gasteiger partial charge in [0.2, 0.25) is 0 Å². The van der Waals surface area contributed by atoms with E-state index in [0.717, 1.165) is 33.2 Å². The number of amides is 2. The number of fused-ring (bicyclic) bond motifs is 1. The van der Waals surface area contributed by atoms with Crippen LogP contribution >= 0.6 is 22.9 Å². The molecule has 0 aliphatic heterocycles. The number of carbonyl (C=O) groups excluding carboxylic acids is 1. The SMILES string of the molecule is CN(C)CCOc1ccc2nc(NCc3ccc(NC(=O)Nc4ccc(Cl)cc4)cc3)sc2c1. The zero-order valence-electron chi connectivity index (χ0n) is 19.0. The van der Waals surface area contributed by atoms with E-state index in [1.807, 2.05) is 56.6 Å². The molecule has 0 radical (unpaired) electrons. The third-order valence-electron chi connectivity index (χ3n) is 4.92. The van der Waals surface area contributed by atoms with Crippen LogP contribution in [0.15, 0.2) is 66.7 Å². The van der Waals surface area contributed by atoms with Crippen molar-refractivity contribution < 1.29 is 9.53 Å². The summed E-state index contributed by atoms with van der Waals surface area (Å²) in [6.45, 7) is 2.15. The molecule has 4 aromatic rings. The van der Waals surface area contributed by atoms with Gasteiger partial charge in [-0.3, -0.25) is 0 Å². The summed E-state index contributed by atoms with van der Waals surface area (Å²) in [6.07, 6.45) is 0. The van der Waals surface area contributed by atoms with Gasteiger partial charge in [-0.2, -0.15) is 0 Å². The molecule has 176 valence electrons. The van der Waals surface area contributed by atoms with Crippen molar-refractivity contribution in [2.45, 2.75) is 6.54 Å². The Bertz CT molecular complexity index is 1240.